The van der Waals surface area contributed by atoms with Crippen LogP contribution >= 0.6 is 11.8 Å². The number of hydrogen-bond acceptors (Lipinski definition) is 6. The SMILES string of the molecule is C=CCCC(=NOC(C)=O)C(=O)c1ccc(Sc2ccc(C(=O)c3ccccc3)cc2)cc1. The maximum atomic E-state index is 12.8. The fourth-order valence-corrected chi connectivity index (χ4v) is 3.78. The van der Waals surface area contributed by atoms with Crippen LogP contribution in [0.2, 0.25) is 0 Å². The minimum Gasteiger partial charge on any atom is -0.318 e. The van der Waals surface area contributed by atoms with Crippen LogP contribution in [0.1, 0.15) is 46.0 Å². The van der Waals surface area contributed by atoms with Gasteiger partial charge >= 0.3 is 5.97 Å². The van der Waals surface area contributed by atoms with Gasteiger partial charge in [0.05, 0.1) is 0 Å². The summed E-state index contributed by atoms with van der Waals surface area (Å²) < 4.78 is 0. The van der Waals surface area contributed by atoms with Crippen LogP contribution in [0, 0.1) is 0 Å². The molecule has 0 bridgehead atoms. The maximum Gasteiger partial charge on any atom is 0.331 e. The Kier molecular flexibility index (Phi) is 8.49. The second kappa shape index (κ2) is 11.7. The first-order valence-corrected chi connectivity index (χ1v) is 11.2. The number of nitrogens with zero attached hydrogens (tertiary/aromatic N) is 1. The van der Waals surface area contributed by atoms with Gasteiger partial charge in [0.25, 0.3) is 0 Å². The number of ketones is 2. The predicted molar refractivity (Wildman–Crippen MR) is 130 cm³/mol. The van der Waals surface area contributed by atoms with Crippen molar-refractivity contribution < 1.29 is 19.2 Å². The molecule has 0 N–H and O–H groups in total. The van der Waals surface area contributed by atoms with E-state index in [2.05, 4.69) is 16.6 Å². The van der Waals surface area contributed by atoms with Crippen LogP contribution in [-0.2, 0) is 9.63 Å². The van der Waals surface area contributed by atoms with Crippen LogP contribution in [0.5, 0.6) is 0 Å². The van der Waals surface area contributed by atoms with Crippen molar-refractivity contribution in [3.63, 3.8) is 0 Å². The number of oxime groups is 1. The van der Waals surface area contributed by atoms with Crippen molar-refractivity contribution in [2.24, 2.45) is 5.16 Å². The normalized spacial score (nSPS) is 11.0. The summed E-state index contributed by atoms with van der Waals surface area (Å²) in [6.45, 7) is 4.88. The molecule has 0 aliphatic carbocycles. The summed E-state index contributed by atoms with van der Waals surface area (Å²) in [6.07, 6.45) is 2.55. The Morgan fingerprint density at radius 3 is 1.94 bits per heavy atom. The van der Waals surface area contributed by atoms with E-state index in [4.69, 9.17) is 0 Å². The van der Waals surface area contributed by atoms with Gasteiger partial charge in [0, 0.05) is 39.8 Å². The van der Waals surface area contributed by atoms with Crippen LogP contribution in [0.3, 0.4) is 0 Å². The van der Waals surface area contributed by atoms with Gasteiger partial charge < -0.3 is 4.84 Å². The third-order valence-electron chi connectivity index (χ3n) is 4.64. The van der Waals surface area contributed by atoms with Gasteiger partial charge in [0.15, 0.2) is 5.78 Å². The molecule has 0 aromatic heterocycles. The van der Waals surface area contributed by atoms with E-state index in [1.165, 1.54) is 18.7 Å². The quantitative estimate of drug-likeness (QED) is 0.120. The molecule has 3 aromatic carbocycles. The van der Waals surface area contributed by atoms with Crippen molar-refractivity contribution in [1.82, 2.24) is 0 Å². The molecule has 0 radical (unpaired) electrons. The van der Waals surface area contributed by atoms with E-state index in [0.29, 0.717) is 29.5 Å². The lowest BCUT2D eigenvalue weighted by Crippen LogP contribution is -2.15. The molecule has 0 fully saturated rings. The number of carbonyl (C=O) groups is 3. The molecule has 3 aromatic rings. The first kappa shape index (κ1) is 23.9. The monoisotopic (exact) mass is 457 g/mol. The smallest absolute Gasteiger partial charge is 0.318 e. The number of benzene rings is 3. The minimum absolute atomic E-state index is 0.0160. The number of allylic oxidation sites excluding steroid dienone is 1. The maximum absolute atomic E-state index is 12.8. The van der Waals surface area contributed by atoms with Gasteiger partial charge in [-0.25, -0.2) is 4.79 Å². The molecule has 0 saturated heterocycles. The minimum atomic E-state index is -0.581. The third-order valence-corrected chi connectivity index (χ3v) is 5.65. The highest BCUT2D eigenvalue weighted by Gasteiger charge is 2.15. The van der Waals surface area contributed by atoms with Crippen molar-refractivity contribution in [2.45, 2.75) is 29.6 Å². The Bertz CT molecular complexity index is 1170. The highest BCUT2D eigenvalue weighted by molar-refractivity contribution is 7.99. The van der Waals surface area contributed by atoms with Gasteiger partial charge in [0.1, 0.15) is 5.71 Å². The largest absolute Gasteiger partial charge is 0.331 e. The highest BCUT2D eigenvalue weighted by atomic mass is 32.2. The highest BCUT2D eigenvalue weighted by Crippen LogP contribution is 2.28. The lowest BCUT2D eigenvalue weighted by Gasteiger charge is -2.07. The van der Waals surface area contributed by atoms with E-state index in [-0.39, 0.29) is 17.3 Å². The van der Waals surface area contributed by atoms with Crippen LogP contribution < -0.4 is 0 Å². The van der Waals surface area contributed by atoms with Gasteiger partial charge in [-0.3, -0.25) is 9.59 Å². The Morgan fingerprint density at radius 2 is 1.39 bits per heavy atom. The topological polar surface area (TPSA) is 72.8 Å². The summed E-state index contributed by atoms with van der Waals surface area (Å²) in [7, 11) is 0. The molecule has 0 spiro atoms. The van der Waals surface area contributed by atoms with Crippen molar-refractivity contribution in [1.29, 1.82) is 0 Å². The Hall–Kier alpha value is -3.77. The van der Waals surface area contributed by atoms with Gasteiger partial charge in [-0.15, -0.1) is 6.58 Å². The van der Waals surface area contributed by atoms with E-state index in [1.807, 2.05) is 54.6 Å². The summed E-state index contributed by atoms with van der Waals surface area (Å²) in [5, 5.41) is 3.71. The first-order valence-electron chi connectivity index (χ1n) is 10.4. The Labute approximate surface area is 197 Å². The van der Waals surface area contributed by atoms with E-state index >= 15 is 0 Å². The molecule has 33 heavy (non-hydrogen) atoms. The molecule has 0 aliphatic rings. The Morgan fingerprint density at radius 1 is 0.848 bits per heavy atom. The lowest BCUT2D eigenvalue weighted by molar-refractivity contribution is -0.140. The predicted octanol–water partition coefficient (Wildman–Crippen LogP) is 6.14. The molecule has 0 saturated carbocycles. The van der Waals surface area contributed by atoms with Gasteiger partial charge in [-0.1, -0.05) is 53.3 Å². The van der Waals surface area contributed by atoms with E-state index in [1.54, 1.807) is 30.3 Å². The van der Waals surface area contributed by atoms with Gasteiger partial charge in [-0.2, -0.15) is 0 Å². The van der Waals surface area contributed by atoms with Crippen molar-refractivity contribution in [2.75, 3.05) is 0 Å². The average Bonchev–Trinajstić information content (AvgIpc) is 2.84. The molecule has 6 heteroatoms. The summed E-state index contributed by atoms with van der Waals surface area (Å²) in [5.41, 5.74) is 1.91. The number of Topliss-reactive ketones (excluding diaryl/α,β-unsaturated/α-hetero) is 1. The average molecular weight is 458 g/mol. The molecular weight excluding hydrogens is 434 g/mol. The third kappa shape index (κ3) is 6.85. The lowest BCUT2D eigenvalue weighted by atomic mass is 10.0. The fraction of sp³-hybridized carbons (Fsp3) is 0.111. The number of hydrogen-bond donors (Lipinski definition) is 0. The summed E-state index contributed by atoms with van der Waals surface area (Å²) in [4.78, 5) is 42.9. The first-order chi connectivity index (χ1) is 16.0. The molecule has 5 nitrogen and oxygen atoms in total. The van der Waals surface area contributed by atoms with Crippen molar-refractivity contribution in [3.8, 4) is 0 Å². The standard InChI is InChI=1S/C27H23NO4S/c1-3-4-10-25(28-32-19(2)29)27(31)22-13-17-24(18-14-22)33-23-15-11-21(12-16-23)26(30)20-8-6-5-7-9-20/h3,5-9,11-18H,1,4,10H2,2H3. The van der Waals surface area contributed by atoms with Gasteiger partial charge in [0.2, 0.25) is 5.78 Å². The summed E-state index contributed by atoms with van der Waals surface area (Å²) in [6, 6.07) is 23.7. The molecular formula is C27H23NO4S. The molecule has 0 amide bonds. The Balaban J connectivity index is 1.68. The second-order valence-electron chi connectivity index (χ2n) is 7.12. The van der Waals surface area contributed by atoms with Crippen LogP contribution in [0.4, 0.5) is 0 Å². The van der Waals surface area contributed by atoms with Gasteiger partial charge in [-0.05, 0) is 55.0 Å². The summed E-state index contributed by atoms with van der Waals surface area (Å²) in [5.74, 6) is -0.891. The van der Waals surface area contributed by atoms with E-state index in [0.717, 1.165) is 9.79 Å². The molecule has 0 heterocycles. The number of rotatable bonds is 10. The van der Waals surface area contributed by atoms with E-state index < -0.39 is 5.97 Å². The molecule has 166 valence electrons. The van der Waals surface area contributed by atoms with Crippen LogP contribution in [-0.4, -0.2) is 23.2 Å². The second-order valence-corrected chi connectivity index (χ2v) is 8.27. The van der Waals surface area contributed by atoms with E-state index in [9.17, 15) is 14.4 Å². The zero-order valence-corrected chi connectivity index (χ0v) is 19.0. The fourth-order valence-electron chi connectivity index (χ4n) is 2.97. The van der Waals surface area contributed by atoms with Crippen LogP contribution in [0.15, 0.2) is 106 Å². The molecule has 0 aliphatic heterocycles. The molecule has 0 unspecified atom stereocenters. The van der Waals surface area contributed by atoms with Crippen LogP contribution in [0.25, 0.3) is 0 Å². The molecule has 0 atom stereocenters. The summed E-state index contributed by atoms with van der Waals surface area (Å²) >= 11 is 1.53. The zero-order chi connectivity index (χ0) is 23.6. The number of carbonyl (C=O) groups excluding carboxylic acids is 3. The molecule has 3 rings (SSSR count). The zero-order valence-electron chi connectivity index (χ0n) is 18.2. The van der Waals surface area contributed by atoms with Crippen molar-refractivity contribution >= 4 is 35.0 Å². The van der Waals surface area contributed by atoms with Crippen molar-refractivity contribution in [3.05, 3.63) is 108 Å².